The Hall–Kier alpha value is -4.57. The summed E-state index contributed by atoms with van der Waals surface area (Å²) in [5.41, 5.74) is 2.64. The minimum absolute atomic E-state index is 0.0315. The van der Waals surface area contributed by atoms with Gasteiger partial charge in [0, 0.05) is 29.0 Å². The first-order valence-electron chi connectivity index (χ1n) is 13.1. The molecule has 1 heterocycles. The summed E-state index contributed by atoms with van der Waals surface area (Å²) in [6, 6.07) is 23.5. The second-order valence-electron chi connectivity index (χ2n) is 10.8. The van der Waals surface area contributed by atoms with Crippen LogP contribution in [-0.4, -0.2) is 33.1 Å². The average Bonchev–Trinajstić information content (AvgIpc) is 3.43. The number of carboxylic acid groups (broad SMARTS) is 1. The molecule has 0 aliphatic carbocycles. The van der Waals surface area contributed by atoms with Gasteiger partial charge in [-0.3, -0.25) is 14.9 Å². The van der Waals surface area contributed by atoms with Crippen LogP contribution in [0.4, 0.5) is 10.5 Å². The van der Waals surface area contributed by atoms with E-state index >= 15 is 0 Å². The molecule has 10 heteroatoms. The average molecular weight is 573 g/mol. The molecule has 9 nitrogen and oxygen atoms in total. The van der Waals surface area contributed by atoms with Crippen LogP contribution >= 0.6 is 11.3 Å². The summed E-state index contributed by atoms with van der Waals surface area (Å²) in [5, 5.41) is 29.0. The number of nitrogens with zero attached hydrogens (tertiary/aromatic N) is 2. The van der Waals surface area contributed by atoms with E-state index in [2.05, 4.69) is 10.6 Å². The maximum atomic E-state index is 14.0. The van der Waals surface area contributed by atoms with Crippen molar-refractivity contribution in [2.45, 2.75) is 45.2 Å². The topological polar surface area (TPSA) is 134 Å². The first kappa shape index (κ1) is 29.4. The van der Waals surface area contributed by atoms with E-state index in [9.17, 15) is 24.8 Å². The zero-order chi connectivity index (χ0) is 29.6. The zero-order valence-corrected chi connectivity index (χ0v) is 23.8. The van der Waals surface area contributed by atoms with Crippen molar-refractivity contribution >= 4 is 29.0 Å². The lowest BCUT2D eigenvalue weighted by Gasteiger charge is -2.37. The van der Waals surface area contributed by atoms with Gasteiger partial charge in [-0.15, -0.1) is 11.3 Å². The van der Waals surface area contributed by atoms with E-state index in [1.165, 1.54) is 23.5 Å². The molecule has 0 aliphatic heterocycles. The highest BCUT2D eigenvalue weighted by molar-refractivity contribution is 7.13. The van der Waals surface area contributed by atoms with Crippen LogP contribution in [-0.2, 0) is 11.2 Å². The third kappa shape index (κ3) is 7.55. The summed E-state index contributed by atoms with van der Waals surface area (Å²) >= 11 is 1.44. The number of carbonyl (C=O) groups is 2. The number of nitro groups is 1. The Morgan fingerprint density at radius 3 is 2.12 bits per heavy atom. The van der Waals surface area contributed by atoms with Crippen LogP contribution in [0.15, 0.2) is 90.3 Å². The molecule has 41 heavy (non-hydrogen) atoms. The smallest absolute Gasteiger partial charge is 0.405 e. The Morgan fingerprint density at radius 2 is 1.56 bits per heavy atom. The van der Waals surface area contributed by atoms with Crippen molar-refractivity contribution in [1.29, 1.82) is 0 Å². The molecule has 0 fully saturated rings. The number of thiazole rings is 1. The molecule has 0 spiro atoms. The van der Waals surface area contributed by atoms with Gasteiger partial charge in [0.2, 0.25) is 5.91 Å². The highest BCUT2D eigenvalue weighted by Crippen LogP contribution is 2.38. The van der Waals surface area contributed by atoms with Gasteiger partial charge in [-0.1, -0.05) is 93.6 Å². The van der Waals surface area contributed by atoms with Crippen LogP contribution in [0.25, 0.3) is 10.6 Å². The molecule has 3 aromatic carbocycles. The summed E-state index contributed by atoms with van der Waals surface area (Å²) < 4.78 is 0. The van der Waals surface area contributed by atoms with Gasteiger partial charge >= 0.3 is 6.09 Å². The van der Waals surface area contributed by atoms with E-state index in [0.717, 1.165) is 21.7 Å². The van der Waals surface area contributed by atoms with E-state index in [1.807, 2.05) is 86.8 Å². The van der Waals surface area contributed by atoms with Crippen LogP contribution in [0.2, 0.25) is 0 Å². The van der Waals surface area contributed by atoms with Gasteiger partial charge < -0.3 is 15.7 Å². The highest BCUT2D eigenvalue weighted by atomic mass is 32.1. The van der Waals surface area contributed by atoms with E-state index in [-0.39, 0.29) is 5.69 Å². The minimum atomic E-state index is -1.30. The van der Waals surface area contributed by atoms with Crippen LogP contribution in [0.3, 0.4) is 0 Å². The number of hydrogen-bond acceptors (Lipinski definition) is 6. The lowest BCUT2D eigenvalue weighted by atomic mass is 9.72. The number of nitrogens with one attached hydrogen (secondary N) is 2. The number of nitro benzene ring substituents is 1. The predicted octanol–water partition coefficient (Wildman–Crippen LogP) is 6.58. The van der Waals surface area contributed by atoms with Crippen molar-refractivity contribution in [2.24, 2.45) is 5.41 Å². The standard InChI is InChI=1S/C31H32N4O5S/c1-31(2,3)26(21-10-6-4-7-11-21)27(34-30(37)38)28(36)32-24(18-20-14-16-23(17-15-20)35(39)40)25-19-41-29(33-25)22-12-8-5-9-13-22/h4-17,19,24,26-27,34H,18H2,1-3H3,(H,32,36)(H,37,38)/t24?,26-,27-/m0/s1. The maximum absolute atomic E-state index is 14.0. The Labute approximate surface area is 242 Å². The Kier molecular flexibility index (Phi) is 9.14. The SMILES string of the molecule is CC(C)(C)[C@@H](c1ccccc1)[C@H](NC(=O)O)C(=O)NC(Cc1ccc([N+](=O)[O-])cc1)c1csc(-c2ccccc2)n1. The molecule has 0 saturated heterocycles. The van der Waals surface area contributed by atoms with Gasteiger partial charge in [-0.2, -0.15) is 0 Å². The van der Waals surface area contributed by atoms with E-state index < -0.39 is 40.3 Å². The van der Waals surface area contributed by atoms with E-state index in [4.69, 9.17) is 4.98 Å². The lowest BCUT2D eigenvalue weighted by Crippen LogP contribution is -2.53. The molecule has 4 aromatic rings. The van der Waals surface area contributed by atoms with Gasteiger partial charge in [0.25, 0.3) is 5.69 Å². The molecule has 3 atom stereocenters. The molecule has 3 N–H and O–H groups in total. The molecule has 4 rings (SSSR count). The first-order chi connectivity index (χ1) is 19.5. The fourth-order valence-corrected chi connectivity index (χ4v) is 5.81. The highest BCUT2D eigenvalue weighted by Gasteiger charge is 2.39. The number of non-ortho nitro benzene ring substituents is 1. The molecule has 1 unspecified atom stereocenters. The molecule has 0 aliphatic rings. The Balaban J connectivity index is 1.70. The van der Waals surface area contributed by atoms with Crippen molar-refractivity contribution in [3.05, 3.63) is 117 Å². The second-order valence-corrected chi connectivity index (χ2v) is 11.7. The molecular weight excluding hydrogens is 540 g/mol. The van der Waals surface area contributed by atoms with Gasteiger partial charge in [0.05, 0.1) is 16.7 Å². The summed E-state index contributed by atoms with van der Waals surface area (Å²) in [5.74, 6) is -0.965. The van der Waals surface area contributed by atoms with Crippen LogP contribution in [0.1, 0.15) is 49.6 Å². The fraction of sp³-hybridized carbons (Fsp3) is 0.258. The summed E-state index contributed by atoms with van der Waals surface area (Å²) in [6.07, 6.45) is -1.00. The summed E-state index contributed by atoms with van der Waals surface area (Å²) in [4.78, 5) is 41.4. The van der Waals surface area contributed by atoms with Gasteiger partial charge in [0.15, 0.2) is 0 Å². The Morgan fingerprint density at radius 1 is 0.951 bits per heavy atom. The molecule has 212 valence electrons. The van der Waals surface area contributed by atoms with E-state index in [0.29, 0.717) is 12.1 Å². The van der Waals surface area contributed by atoms with Crippen molar-refractivity contribution in [1.82, 2.24) is 15.6 Å². The maximum Gasteiger partial charge on any atom is 0.405 e. The van der Waals surface area contributed by atoms with Crippen LogP contribution < -0.4 is 10.6 Å². The number of amides is 2. The van der Waals surface area contributed by atoms with Crippen molar-refractivity contribution < 1.29 is 19.6 Å². The predicted molar refractivity (Wildman–Crippen MR) is 159 cm³/mol. The van der Waals surface area contributed by atoms with Gasteiger partial charge in [-0.25, -0.2) is 9.78 Å². The van der Waals surface area contributed by atoms with Gasteiger partial charge in [0.1, 0.15) is 11.0 Å². The first-order valence-corrected chi connectivity index (χ1v) is 14.0. The zero-order valence-electron chi connectivity index (χ0n) is 23.0. The van der Waals surface area contributed by atoms with Crippen molar-refractivity contribution in [2.75, 3.05) is 0 Å². The molecule has 2 amide bonds. The monoisotopic (exact) mass is 572 g/mol. The third-order valence-corrected chi connectivity index (χ3v) is 7.70. The Bertz CT molecular complexity index is 1480. The van der Waals surface area contributed by atoms with Crippen LogP contribution in [0.5, 0.6) is 0 Å². The van der Waals surface area contributed by atoms with Crippen molar-refractivity contribution in [3.63, 3.8) is 0 Å². The molecule has 0 bridgehead atoms. The lowest BCUT2D eigenvalue weighted by molar-refractivity contribution is -0.384. The minimum Gasteiger partial charge on any atom is -0.465 e. The summed E-state index contributed by atoms with van der Waals surface area (Å²) in [7, 11) is 0. The quantitative estimate of drug-likeness (QED) is 0.145. The van der Waals surface area contributed by atoms with Gasteiger partial charge in [-0.05, 0) is 23.0 Å². The van der Waals surface area contributed by atoms with E-state index in [1.54, 1.807) is 12.1 Å². The molecular formula is C31H32N4O5S. The fourth-order valence-electron chi connectivity index (χ4n) is 4.93. The number of aromatic nitrogens is 1. The largest absolute Gasteiger partial charge is 0.465 e. The van der Waals surface area contributed by atoms with Crippen LogP contribution in [0, 0.1) is 15.5 Å². The number of carbonyl (C=O) groups excluding carboxylic acids is 1. The normalized spacial score (nSPS) is 13.5. The molecule has 1 aromatic heterocycles. The molecule has 0 saturated carbocycles. The number of hydrogen-bond donors (Lipinski definition) is 3. The number of rotatable bonds is 10. The third-order valence-electron chi connectivity index (χ3n) is 6.79. The summed E-state index contributed by atoms with van der Waals surface area (Å²) in [6.45, 7) is 5.90. The molecule has 0 radical (unpaired) electrons. The second kappa shape index (κ2) is 12.7. The van der Waals surface area contributed by atoms with Crippen molar-refractivity contribution in [3.8, 4) is 10.6 Å². The number of benzene rings is 3.